The molecule has 0 bridgehead atoms. The second-order valence-corrected chi connectivity index (χ2v) is 4.64. The molecule has 0 spiro atoms. The van der Waals surface area contributed by atoms with E-state index in [9.17, 15) is 0 Å². The van der Waals surface area contributed by atoms with Crippen LogP contribution in [0, 0.1) is 0 Å². The van der Waals surface area contributed by atoms with E-state index in [1.54, 1.807) is 7.11 Å². The molecule has 17 heavy (non-hydrogen) atoms. The summed E-state index contributed by atoms with van der Waals surface area (Å²) in [6.07, 6.45) is 5.43. The summed E-state index contributed by atoms with van der Waals surface area (Å²) in [5.41, 5.74) is 5.64. The van der Waals surface area contributed by atoms with Crippen LogP contribution in [0.25, 0.3) is 0 Å². The molecule has 1 aromatic rings. The van der Waals surface area contributed by atoms with Crippen LogP contribution in [0.4, 0.5) is 5.82 Å². The number of aromatic nitrogens is 2. The average Bonchev–Trinajstić information content (AvgIpc) is 2.77. The number of nitrogen functional groups attached to an aromatic ring is 1. The molecule has 5 nitrogen and oxygen atoms in total. The fourth-order valence-corrected chi connectivity index (χ4v) is 2.40. The molecule has 2 rings (SSSR count). The maximum atomic E-state index is 5.64. The average molecular weight is 238 g/mol. The molecule has 96 valence electrons. The number of ether oxygens (including phenoxy) is 1. The van der Waals surface area contributed by atoms with Gasteiger partial charge in [0.2, 0.25) is 0 Å². The molecule has 1 aliphatic rings. The van der Waals surface area contributed by atoms with E-state index in [-0.39, 0.29) is 0 Å². The lowest BCUT2D eigenvalue weighted by molar-refractivity contribution is 0.145. The van der Waals surface area contributed by atoms with Crippen molar-refractivity contribution in [3.05, 3.63) is 12.3 Å². The minimum absolute atomic E-state index is 0.519. The quantitative estimate of drug-likeness (QED) is 0.782. The highest BCUT2D eigenvalue weighted by atomic mass is 16.5. The van der Waals surface area contributed by atoms with Gasteiger partial charge in [-0.05, 0) is 25.3 Å². The summed E-state index contributed by atoms with van der Waals surface area (Å²) in [6, 6.07) is 2.39. The highest BCUT2D eigenvalue weighted by Crippen LogP contribution is 2.22. The number of rotatable bonds is 5. The molecule has 1 aliphatic heterocycles. The zero-order chi connectivity index (χ0) is 12.1. The molecule has 1 fully saturated rings. The van der Waals surface area contributed by atoms with Crippen molar-refractivity contribution < 1.29 is 4.74 Å². The number of methoxy groups -OCH3 is 1. The van der Waals surface area contributed by atoms with Crippen LogP contribution in [0.3, 0.4) is 0 Å². The minimum Gasteiger partial charge on any atom is -0.385 e. The van der Waals surface area contributed by atoms with Crippen molar-refractivity contribution in [3.63, 3.8) is 0 Å². The van der Waals surface area contributed by atoms with E-state index >= 15 is 0 Å². The maximum absolute atomic E-state index is 5.64. The van der Waals surface area contributed by atoms with E-state index in [2.05, 4.69) is 10.00 Å². The first-order valence-electron chi connectivity index (χ1n) is 6.31. The fraction of sp³-hybridized carbons (Fsp3) is 0.750. The lowest BCUT2D eigenvalue weighted by atomic mass is 10.1. The van der Waals surface area contributed by atoms with Crippen molar-refractivity contribution in [2.45, 2.75) is 25.3 Å². The monoisotopic (exact) mass is 238 g/mol. The predicted molar refractivity (Wildman–Crippen MR) is 67.8 cm³/mol. The third-order valence-corrected chi connectivity index (χ3v) is 3.38. The largest absolute Gasteiger partial charge is 0.385 e. The van der Waals surface area contributed by atoms with E-state index in [0.717, 1.165) is 45.5 Å². The number of anilines is 1. The lowest BCUT2D eigenvalue weighted by Crippen LogP contribution is -2.35. The number of piperidine rings is 1. The molecule has 0 aliphatic carbocycles. The Bertz CT molecular complexity index is 331. The molecule has 0 amide bonds. The van der Waals surface area contributed by atoms with Crippen LogP contribution in [0.2, 0.25) is 0 Å². The predicted octanol–water partition coefficient (Wildman–Crippen LogP) is 1.14. The molecule has 1 aromatic heterocycles. The van der Waals surface area contributed by atoms with Gasteiger partial charge in [0.05, 0.1) is 6.04 Å². The summed E-state index contributed by atoms with van der Waals surface area (Å²) < 4.78 is 7.09. The van der Waals surface area contributed by atoms with Crippen LogP contribution in [0.15, 0.2) is 12.3 Å². The van der Waals surface area contributed by atoms with Gasteiger partial charge < -0.3 is 15.4 Å². The molecule has 1 saturated heterocycles. The first-order valence-corrected chi connectivity index (χ1v) is 6.31. The van der Waals surface area contributed by atoms with Crippen molar-refractivity contribution in [3.8, 4) is 0 Å². The molecular weight excluding hydrogens is 216 g/mol. The van der Waals surface area contributed by atoms with Gasteiger partial charge in [-0.3, -0.25) is 4.68 Å². The summed E-state index contributed by atoms with van der Waals surface area (Å²) in [5.74, 6) is 0.618. The Hall–Kier alpha value is -1.07. The number of hydrogen-bond donors (Lipinski definition) is 1. The zero-order valence-corrected chi connectivity index (χ0v) is 10.5. The summed E-state index contributed by atoms with van der Waals surface area (Å²) in [7, 11) is 1.76. The van der Waals surface area contributed by atoms with Crippen LogP contribution in [0.1, 0.15) is 25.3 Å². The molecule has 2 heterocycles. The standard InChI is InChI=1S/C12H22N4O/c1-17-10-2-6-15-7-3-11(4-8-15)16-9-5-12(13)14-16/h5,9,11H,2-4,6-8,10H2,1H3,(H2,13,14). The van der Waals surface area contributed by atoms with Crippen molar-refractivity contribution in [1.29, 1.82) is 0 Å². The highest BCUT2D eigenvalue weighted by molar-refractivity contribution is 5.24. The van der Waals surface area contributed by atoms with Gasteiger partial charge in [-0.15, -0.1) is 0 Å². The van der Waals surface area contributed by atoms with E-state index < -0.39 is 0 Å². The van der Waals surface area contributed by atoms with Gasteiger partial charge in [0.1, 0.15) is 5.82 Å². The normalized spacial score (nSPS) is 18.6. The van der Waals surface area contributed by atoms with E-state index in [1.165, 1.54) is 0 Å². The van der Waals surface area contributed by atoms with Crippen LogP contribution in [0.5, 0.6) is 0 Å². The third kappa shape index (κ3) is 3.44. The van der Waals surface area contributed by atoms with Crippen molar-refractivity contribution in [2.24, 2.45) is 0 Å². The van der Waals surface area contributed by atoms with Crippen LogP contribution < -0.4 is 5.73 Å². The van der Waals surface area contributed by atoms with Crippen LogP contribution in [-0.4, -0.2) is 48.0 Å². The van der Waals surface area contributed by atoms with Gasteiger partial charge in [0.25, 0.3) is 0 Å². The van der Waals surface area contributed by atoms with Gasteiger partial charge in [-0.2, -0.15) is 5.10 Å². The summed E-state index contributed by atoms with van der Waals surface area (Å²) >= 11 is 0. The van der Waals surface area contributed by atoms with Crippen LogP contribution in [-0.2, 0) is 4.74 Å². The van der Waals surface area contributed by atoms with Gasteiger partial charge in [-0.25, -0.2) is 0 Å². The van der Waals surface area contributed by atoms with Crippen molar-refractivity contribution in [2.75, 3.05) is 39.1 Å². The van der Waals surface area contributed by atoms with E-state index in [4.69, 9.17) is 10.5 Å². The lowest BCUT2D eigenvalue weighted by Gasteiger charge is -2.31. The molecule has 2 N–H and O–H groups in total. The van der Waals surface area contributed by atoms with Gasteiger partial charge in [0.15, 0.2) is 0 Å². The van der Waals surface area contributed by atoms with E-state index in [1.807, 2.05) is 16.9 Å². The Kier molecular flexibility index (Phi) is 4.39. The number of nitrogens with two attached hydrogens (primary N) is 1. The summed E-state index contributed by atoms with van der Waals surface area (Å²) in [6.45, 7) is 4.29. The molecule has 0 aromatic carbocycles. The Balaban J connectivity index is 1.74. The second-order valence-electron chi connectivity index (χ2n) is 4.64. The first-order chi connectivity index (χ1) is 8.29. The highest BCUT2D eigenvalue weighted by Gasteiger charge is 2.20. The number of nitrogens with zero attached hydrogens (tertiary/aromatic N) is 3. The zero-order valence-electron chi connectivity index (χ0n) is 10.5. The molecule has 0 unspecified atom stereocenters. The second kappa shape index (κ2) is 6.02. The van der Waals surface area contributed by atoms with Crippen molar-refractivity contribution >= 4 is 5.82 Å². The Morgan fingerprint density at radius 3 is 2.82 bits per heavy atom. The summed E-state index contributed by atoms with van der Waals surface area (Å²) in [4.78, 5) is 2.50. The molecule has 0 saturated carbocycles. The minimum atomic E-state index is 0.519. The number of likely N-dealkylation sites (tertiary alicyclic amines) is 1. The summed E-state index contributed by atoms with van der Waals surface area (Å²) in [5, 5.41) is 4.29. The van der Waals surface area contributed by atoms with Gasteiger partial charge in [0, 0.05) is 39.5 Å². The SMILES string of the molecule is COCCCN1CCC(n2ccc(N)n2)CC1. The van der Waals surface area contributed by atoms with E-state index in [0.29, 0.717) is 11.9 Å². The Labute approximate surface area is 103 Å². The van der Waals surface area contributed by atoms with Gasteiger partial charge in [-0.1, -0.05) is 0 Å². The molecule has 5 heteroatoms. The van der Waals surface area contributed by atoms with Crippen molar-refractivity contribution in [1.82, 2.24) is 14.7 Å². The smallest absolute Gasteiger partial charge is 0.145 e. The first kappa shape index (κ1) is 12.4. The third-order valence-electron chi connectivity index (χ3n) is 3.38. The molecule has 0 radical (unpaired) electrons. The maximum Gasteiger partial charge on any atom is 0.145 e. The number of hydrogen-bond acceptors (Lipinski definition) is 4. The van der Waals surface area contributed by atoms with Gasteiger partial charge >= 0.3 is 0 Å². The molecule has 0 atom stereocenters. The fourth-order valence-electron chi connectivity index (χ4n) is 2.40. The topological polar surface area (TPSA) is 56.3 Å². The molecular formula is C12H22N4O. The Morgan fingerprint density at radius 2 is 2.24 bits per heavy atom. The Morgan fingerprint density at radius 1 is 1.47 bits per heavy atom. The van der Waals surface area contributed by atoms with Crippen LogP contribution >= 0.6 is 0 Å².